The van der Waals surface area contributed by atoms with Crippen LogP contribution in [0.4, 0.5) is 0 Å². The molecule has 0 radical (unpaired) electrons. The Balaban J connectivity index is 2.62. The summed E-state index contributed by atoms with van der Waals surface area (Å²) >= 11 is 3.85. The predicted molar refractivity (Wildman–Crippen MR) is 112 cm³/mol. The van der Waals surface area contributed by atoms with E-state index >= 15 is 0 Å². The van der Waals surface area contributed by atoms with E-state index in [1.165, 1.54) is 6.33 Å². The van der Waals surface area contributed by atoms with Crippen LogP contribution in [0, 0.1) is 0 Å². The highest BCUT2D eigenvalue weighted by molar-refractivity contribution is 7.80. The molecule has 3 amide bonds. The average molecular weight is 444 g/mol. The number of aromatic nitrogens is 2. The first kappa shape index (κ1) is 25.4. The molecule has 3 unspecified atom stereocenters. The van der Waals surface area contributed by atoms with E-state index in [1.54, 1.807) is 6.20 Å². The first-order valence-electron chi connectivity index (χ1n) is 9.42. The largest absolute Gasteiger partial charge is 0.480 e. The van der Waals surface area contributed by atoms with Gasteiger partial charge in [0.2, 0.25) is 17.7 Å². The van der Waals surface area contributed by atoms with Crippen molar-refractivity contribution >= 4 is 36.3 Å². The van der Waals surface area contributed by atoms with Gasteiger partial charge in [-0.3, -0.25) is 14.4 Å². The molecule has 0 aliphatic rings. The van der Waals surface area contributed by atoms with E-state index in [0.717, 1.165) is 0 Å². The van der Waals surface area contributed by atoms with E-state index in [1.807, 2.05) is 0 Å². The average Bonchev–Trinajstić information content (AvgIpc) is 3.22. The lowest BCUT2D eigenvalue weighted by Gasteiger charge is -2.21. The van der Waals surface area contributed by atoms with Gasteiger partial charge in [-0.15, -0.1) is 0 Å². The van der Waals surface area contributed by atoms with Gasteiger partial charge in [-0.05, 0) is 25.8 Å². The van der Waals surface area contributed by atoms with Crippen LogP contribution in [0.25, 0.3) is 0 Å². The number of carbonyl (C=O) groups excluding carboxylic acids is 3. The molecule has 1 aromatic rings. The Labute approximate surface area is 179 Å². The molecule has 0 spiro atoms. The molecule has 12 nitrogen and oxygen atoms in total. The van der Waals surface area contributed by atoms with Crippen molar-refractivity contribution in [3.05, 3.63) is 18.2 Å². The number of amides is 3. The van der Waals surface area contributed by atoms with E-state index < -0.39 is 48.4 Å². The Morgan fingerprint density at radius 3 is 2.47 bits per heavy atom. The van der Waals surface area contributed by atoms with E-state index in [2.05, 4.69) is 38.5 Å². The maximum absolute atomic E-state index is 12.5. The molecule has 1 aromatic heterocycles. The number of carboxylic acid groups (broad SMARTS) is 1. The number of carbonyl (C=O) groups is 4. The van der Waals surface area contributed by atoms with Gasteiger partial charge in [-0.2, -0.15) is 12.6 Å². The van der Waals surface area contributed by atoms with Crippen molar-refractivity contribution < 1.29 is 24.3 Å². The molecule has 13 heteroatoms. The summed E-state index contributed by atoms with van der Waals surface area (Å²) in [5.74, 6) is -3.12. The molecule has 0 aliphatic carbocycles. The first-order valence-corrected chi connectivity index (χ1v) is 10.1. The summed E-state index contributed by atoms with van der Waals surface area (Å²) in [5.41, 5.74) is 12.0. The molecule has 0 saturated carbocycles. The third-order valence-corrected chi connectivity index (χ3v) is 4.52. The monoisotopic (exact) mass is 443 g/mol. The number of nitrogens with one attached hydrogen (secondary N) is 4. The summed E-state index contributed by atoms with van der Waals surface area (Å²) in [7, 11) is 0. The van der Waals surface area contributed by atoms with Gasteiger partial charge in [-0.25, -0.2) is 9.78 Å². The summed E-state index contributed by atoms with van der Waals surface area (Å²) in [4.78, 5) is 54.4. The molecule has 0 saturated heterocycles. The highest BCUT2D eigenvalue weighted by Crippen LogP contribution is 2.03. The van der Waals surface area contributed by atoms with Crippen molar-refractivity contribution in [3.8, 4) is 0 Å². The second kappa shape index (κ2) is 13.6. The molecule has 1 rings (SSSR count). The number of nitrogens with two attached hydrogens (primary N) is 2. The standard InChI is InChI=1S/C17H29N7O5S/c18-4-2-1-3-12(24-15(26)11(19)5-10-6-20-9-22-10)16(27)21-7-14(25)23-13(8-30)17(28)29/h6,9,11-13,30H,1-5,7-8,18-19H2,(H,20,22)(H,21,27)(H,23,25)(H,24,26)(H,28,29). The van der Waals surface area contributed by atoms with E-state index in [-0.39, 0.29) is 12.2 Å². The van der Waals surface area contributed by atoms with E-state index in [4.69, 9.17) is 16.6 Å². The molecule has 0 aromatic carbocycles. The van der Waals surface area contributed by atoms with Crippen molar-refractivity contribution in [2.45, 2.75) is 43.8 Å². The van der Waals surface area contributed by atoms with Crippen LogP contribution in [0.1, 0.15) is 25.0 Å². The molecule has 0 aliphatic heterocycles. The highest BCUT2D eigenvalue weighted by Gasteiger charge is 2.25. The number of thiol groups is 1. The fraction of sp³-hybridized carbons (Fsp3) is 0.588. The van der Waals surface area contributed by atoms with Crippen LogP contribution in [0.5, 0.6) is 0 Å². The lowest BCUT2D eigenvalue weighted by Crippen LogP contribution is -2.54. The number of rotatable bonds is 14. The van der Waals surface area contributed by atoms with Crippen molar-refractivity contribution in [2.75, 3.05) is 18.8 Å². The number of carboxylic acids is 1. The number of aromatic amines is 1. The topological polar surface area (TPSA) is 205 Å². The second-order valence-corrected chi connectivity index (χ2v) is 6.96. The Hall–Kier alpha value is -2.64. The number of nitrogens with zero attached hydrogens (tertiary/aromatic N) is 1. The van der Waals surface area contributed by atoms with Crippen LogP contribution >= 0.6 is 12.6 Å². The van der Waals surface area contributed by atoms with Crippen LogP contribution in [-0.4, -0.2) is 75.7 Å². The Kier molecular flexibility index (Phi) is 11.5. The van der Waals surface area contributed by atoms with Gasteiger partial charge in [0.1, 0.15) is 12.1 Å². The fourth-order valence-electron chi connectivity index (χ4n) is 2.49. The molecule has 0 fully saturated rings. The number of hydrogen-bond donors (Lipinski definition) is 8. The van der Waals surface area contributed by atoms with E-state index in [0.29, 0.717) is 31.5 Å². The van der Waals surface area contributed by atoms with Crippen LogP contribution < -0.4 is 27.4 Å². The molecule has 168 valence electrons. The zero-order valence-corrected chi connectivity index (χ0v) is 17.4. The van der Waals surface area contributed by atoms with E-state index in [9.17, 15) is 19.2 Å². The van der Waals surface area contributed by atoms with Crippen molar-refractivity contribution in [1.82, 2.24) is 25.9 Å². The van der Waals surface area contributed by atoms with Crippen molar-refractivity contribution in [1.29, 1.82) is 0 Å². The van der Waals surface area contributed by atoms with Gasteiger partial charge in [0.25, 0.3) is 0 Å². The quantitative estimate of drug-likeness (QED) is 0.114. The zero-order chi connectivity index (χ0) is 22.5. The number of unbranched alkanes of at least 4 members (excludes halogenated alkanes) is 1. The maximum atomic E-state index is 12.5. The number of hydrogen-bond acceptors (Lipinski definition) is 8. The summed E-state index contributed by atoms with van der Waals surface area (Å²) in [6.07, 6.45) is 4.77. The number of imidazole rings is 1. The molecular weight excluding hydrogens is 414 g/mol. The Morgan fingerprint density at radius 1 is 1.17 bits per heavy atom. The minimum absolute atomic E-state index is 0.0962. The molecular formula is C17H29N7O5S. The summed E-state index contributed by atoms with van der Waals surface area (Å²) in [6.45, 7) is -0.00974. The normalized spacial score (nSPS) is 13.7. The fourth-order valence-corrected chi connectivity index (χ4v) is 2.74. The third-order valence-electron chi connectivity index (χ3n) is 4.15. The molecule has 1 heterocycles. The van der Waals surface area contributed by atoms with Gasteiger partial charge >= 0.3 is 5.97 Å². The first-order chi connectivity index (χ1) is 14.3. The third kappa shape index (κ3) is 9.24. The lowest BCUT2D eigenvalue weighted by molar-refractivity contribution is -0.141. The number of aliphatic carboxylic acids is 1. The molecule has 9 N–H and O–H groups in total. The van der Waals surface area contributed by atoms with Gasteiger partial charge < -0.3 is 37.5 Å². The lowest BCUT2D eigenvalue weighted by atomic mass is 10.1. The molecule has 30 heavy (non-hydrogen) atoms. The zero-order valence-electron chi connectivity index (χ0n) is 16.5. The van der Waals surface area contributed by atoms with Gasteiger partial charge in [0, 0.05) is 24.1 Å². The minimum atomic E-state index is -1.23. The second-order valence-electron chi connectivity index (χ2n) is 6.59. The smallest absolute Gasteiger partial charge is 0.327 e. The number of H-pyrrole nitrogens is 1. The van der Waals surface area contributed by atoms with Crippen LogP contribution in [0.15, 0.2) is 12.5 Å². The molecule has 0 bridgehead atoms. The van der Waals surface area contributed by atoms with Crippen LogP contribution in [-0.2, 0) is 25.6 Å². The van der Waals surface area contributed by atoms with Crippen molar-refractivity contribution in [2.24, 2.45) is 11.5 Å². The Morgan fingerprint density at radius 2 is 1.90 bits per heavy atom. The predicted octanol–water partition coefficient (Wildman–Crippen LogP) is -2.49. The highest BCUT2D eigenvalue weighted by atomic mass is 32.1. The summed E-state index contributed by atoms with van der Waals surface area (Å²) in [5, 5.41) is 16.1. The van der Waals surface area contributed by atoms with Gasteiger partial charge in [0.05, 0.1) is 18.9 Å². The van der Waals surface area contributed by atoms with Crippen LogP contribution in [0.2, 0.25) is 0 Å². The van der Waals surface area contributed by atoms with Crippen molar-refractivity contribution in [3.63, 3.8) is 0 Å². The summed E-state index contributed by atoms with van der Waals surface area (Å²) < 4.78 is 0. The van der Waals surface area contributed by atoms with Gasteiger partial charge in [0.15, 0.2) is 0 Å². The van der Waals surface area contributed by atoms with Crippen LogP contribution in [0.3, 0.4) is 0 Å². The molecule has 3 atom stereocenters. The Bertz CT molecular complexity index is 701. The SMILES string of the molecule is NCCCCC(NC(=O)C(N)Cc1cnc[nH]1)C(=O)NCC(=O)NC(CS)C(=O)O. The minimum Gasteiger partial charge on any atom is -0.480 e. The summed E-state index contributed by atoms with van der Waals surface area (Å²) in [6, 6.07) is -2.98. The maximum Gasteiger partial charge on any atom is 0.327 e. The van der Waals surface area contributed by atoms with Gasteiger partial charge in [-0.1, -0.05) is 0 Å².